The summed E-state index contributed by atoms with van der Waals surface area (Å²) in [5.41, 5.74) is 0.519. The zero-order valence-corrected chi connectivity index (χ0v) is 15.4. The Kier molecular flexibility index (Phi) is 4.91. The third-order valence-electron chi connectivity index (χ3n) is 4.78. The van der Waals surface area contributed by atoms with Crippen LogP contribution < -0.4 is 0 Å². The number of nitriles is 1. The lowest BCUT2D eigenvalue weighted by Gasteiger charge is -2.31. The minimum absolute atomic E-state index is 0.0187. The van der Waals surface area contributed by atoms with Crippen LogP contribution in [0.4, 0.5) is 0 Å². The lowest BCUT2D eigenvalue weighted by molar-refractivity contribution is -0.133. The van der Waals surface area contributed by atoms with Crippen LogP contribution >= 0.6 is 10.5 Å². The molecule has 2 unspecified atom stereocenters. The highest BCUT2D eigenvalue weighted by Crippen LogP contribution is 2.39. The molecule has 0 radical (unpaired) electrons. The summed E-state index contributed by atoms with van der Waals surface area (Å²) < 4.78 is 0. The van der Waals surface area contributed by atoms with Gasteiger partial charge in [0.1, 0.15) is 17.0 Å². The average Bonchev–Trinajstić information content (AvgIpc) is 3.16. The molecule has 0 aromatic heterocycles. The van der Waals surface area contributed by atoms with Gasteiger partial charge in [-0.05, 0) is 23.1 Å². The van der Waals surface area contributed by atoms with E-state index in [9.17, 15) is 14.9 Å². The molecule has 1 amide bonds. The molecule has 0 aliphatic carbocycles. The van der Waals surface area contributed by atoms with E-state index >= 15 is 0 Å². The van der Waals surface area contributed by atoms with Crippen LogP contribution in [-0.2, 0) is 16.1 Å². The Balaban J connectivity index is 1.96. The van der Waals surface area contributed by atoms with Crippen LogP contribution in [0.25, 0.3) is 0 Å². The van der Waals surface area contributed by atoms with Gasteiger partial charge in [0.25, 0.3) is 0 Å². The molecule has 1 saturated heterocycles. The maximum absolute atomic E-state index is 13.2. The van der Waals surface area contributed by atoms with Crippen LogP contribution in [-0.4, -0.2) is 33.2 Å². The first kappa shape index (κ1) is 17.6. The molecule has 0 spiro atoms. The van der Waals surface area contributed by atoms with E-state index in [1.807, 2.05) is 55.7 Å². The van der Waals surface area contributed by atoms with Gasteiger partial charge in [-0.15, -0.1) is 10.5 Å². The highest BCUT2D eigenvalue weighted by Gasteiger charge is 2.50. The van der Waals surface area contributed by atoms with Gasteiger partial charge in [0.05, 0.1) is 0 Å². The molecule has 1 aromatic rings. The standard InChI is InChI=1S/C20H22N2O2S/c1-20(2)12-17(23)22(14-15-8-4-3-5-9-15)19(20)18(24)16(13-21)25-10-6-7-11-25/h3-6,8-10,19H,7,11-12,14H2,1-2H3. The number of Topliss-reactive ketones (excluding diaryl/α,β-unsaturated/α-hetero) is 1. The number of benzene rings is 1. The fourth-order valence-corrected chi connectivity index (χ4v) is 5.32. The number of likely N-dealkylation sites (tertiary alicyclic amines) is 1. The Morgan fingerprint density at radius 3 is 2.68 bits per heavy atom. The number of allylic oxidation sites excluding steroid dienone is 1. The van der Waals surface area contributed by atoms with E-state index in [0.717, 1.165) is 17.7 Å². The molecule has 130 valence electrons. The largest absolute Gasteiger partial charge is 0.327 e. The third kappa shape index (κ3) is 3.45. The summed E-state index contributed by atoms with van der Waals surface area (Å²) in [4.78, 5) is 27.8. The third-order valence-corrected chi connectivity index (χ3v) is 6.79. The first-order valence-corrected chi connectivity index (χ1v) is 9.91. The smallest absolute Gasteiger partial charge is 0.224 e. The second-order valence-corrected chi connectivity index (χ2v) is 9.12. The fourth-order valence-electron chi connectivity index (χ4n) is 3.59. The van der Waals surface area contributed by atoms with Crippen molar-refractivity contribution in [2.75, 3.05) is 5.75 Å². The number of carbonyl (C=O) groups excluding carboxylic acids is 2. The molecule has 4 nitrogen and oxygen atoms in total. The molecule has 1 fully saturated rings. The molecule has 0 N–H and O–H groups in total. The number of ketones is 1. The van der Waals surface area contributed by atoms with Gasteiger partial charge in [0.15, 0.2) is 0 Å². The van der Waals surface area contributed by atoms with Crippen molar-refractivity contribution >= 4 is 27.0 Å². The van der Waals surface area contributed by atoms with Crippen molar-refractivity contribution in [2.24, 2.45) is 5.41 Å². The van der Waals surface area contributed by atoms with E-state index in [4.69, 9.17) is 0 Å². The van der Waals surface area contributed by atoms with E-state index in [1.54, 1.807) is 4.90 Å². The van der Waals surface area contributed by atoms with Gasteiger partial charge in [0, 0.05) is 18.4 Å². The first-order chi connectivity index (χ1) is 11.9. The molecule has 0 bridgehead atoms. The predicted molar refractivity (Wildman–Crippen MR) is 101 cm³/mol. The average molecular weight is 354 g/mol. The van der Waals surface area contributed by atoms with Gasteiger partial charge < -0.3 is 4.90 Å². The van der Waals surface area contributed by atoms with Crippen LogP contribution in [0.1, 0.15) is 32.3 Å². The van der Waals surface area contributed by atoms with Gasteiger partial charge in [-0.2, -0.15) is 5.26 Å². The van der Waals surface area contributed by atoms with Crippen molar-refractivity contribution in [1.82, 2.24) is 4.90 Å². The minimum Gasteiger partial charge on any atom is -0.327 e. The highest BCUT2D eigenvalue weighted by molar-refractivity contribution is 8.19. The molecule has 2 heterocycles. The second-order valence-electron chi connectivity index (χ2n) is 7.17. The monoisotopic (exact) mass is 354 g/mol. The van der Waals surface area contributed by atoms with Gasteiger partial charge in [0.2, 0.25) is 11.7 Å². The topological polar surface area (TPSA) is 61.2 Å². The minimum atomic E-state index is -0.573. The molecule has 3 rings (SSSR count). The van der Waals surface area contributed by atoms with Crippen LogP contribution in [0.2, 0.25) is 0 Å². The Hall–Kier alpha value is -2.19. The zero-order valence-electron chi connectivity index (χ0n) is 14.6. The molecule has 1 aromatic carbocycles. The molecular formula is C20H22N2O2S. The summed E-state index contributed by atoms with van der Waals surface area (Å²) >= 11 is 0. The summed E-state index contributed by atoms with van der Waals surface area (Å²) in [7, 11) is -0.410. The summed E-state index contributed by atoms with van der Waals surface area (Å²) in [6, 6.07) is 11.3. The van der Waals surface area contributed by atoms with Crippen molar-refractivity contribution in [1.29, 1.82) is 5.26 Å². The van der Waals surface area contributed by atoms with Crippen LogP contribution in [0, 0.1) is 16.7 Å². The molecule has 0 saturated carbocycles. The van der Waals surface area contributed by atoms with E-state index < -0.39 is 21.9 Å². The Morgan fingerprint density at radius 1 is 1.36 bits per heavy atom. The summed E-state index contributed by atoms with van der Waals surface area (Å²) in [6.07, 6.45) is 3.27. The molecule has 2 atom stereocenters. The lowest BCUT2D eigenvalue weighted by atomic mass is 9.81. The molecule has 2 aliphatic rings. The second kappa shape index (κ2) is 6.97. The SMILES string of the molecule is CC1(C)CC(=O)N(Cc2ccccc2)C1C(=O)/C(C#N)=S1\C=CCC1. The van der Waals surface area contributed by atoms with Crippen molar-refractivity contribution in [3.63, 3.8) is 0 Å². The van der Waals surface area contributed by atoms with E-state index in [1.165, 1.54) is 0 Å². The van der Waals surface area contributed by atoms with Crippen molar-refractivity contribution in [3.8, 4) is 6.07 Å². The Labute approximate surface area is 151 Å². The number of nitrogens with zero attached hydrogens (tertiary/aromatic N) is 2. The van der Waals surface area contributed by atoms with E-state index in [0.29, 0.717) is 17.8 Å². The van der Waals surface area contributed by atoms with Crippen LogP contribution in [0.15, 0.2) is 41.8 Å². The highest BCUT2D eigenvalue weighted by atomic mass is 32.2. The summed E-state index contributed by atoms with van der Waals surface area (Å²) in [6.45, 7) is 4.30. The van der Waals surface area contributed by atoms with E-state index in [-0.39, 0.29) is 11.7 Å². The molecule has 25 heavy (non-hydrogen) atoms. The lowest BCUT2D eigenvalue weighted by Crippen LogP contribution is -2.46. The van der Waals surface area contributed by atoms with Gasteiger partial charge in [-0.25, -0.2) is 0 Å². The Bertz CT molecular complexity index is 803. The maximum atomic E-state index is 13.2. The van der Waals surface area contributed by atoms with Gasteiger partial charge >= 0.3 is 0 Å². The quantitative estimate of drug-likeness (QED) is 0.780. The van der Waals surface area contributed by atoms with Crippen molar-refractivity contribution in [3.05, 3.63) is 47.4 Å². The van der Waals surface area contributed by atoms with Crippen LogP contribution in [0.5, 0.6) is 0 Å². The number of carbonyl (C=O) groups is 2. The number of rotatable bonds is 4. The van der Waals surface area contributed by atoms with Crippen molar-refractivity contribution < 1.29 is 9.59 Å². The van der Waals surface area contributed by atoms with Crippen molar-refractivity contribution in [2.45, 2.75) is 39.3 Å². The predicted octanol–water partition coefficient (Wildman–Crippen LogP) is 3.27. The molecular weight excluding hydrogens is 332 g/mol. The van der Waals surface area contributed by atoms with E-state index in [2.05, 4.69) is 6.07 Å². The normalized spacial score (nSPS) is 25.1. The number of hydrogen-bond donors (Lipinski definition) is 0. The maximum Gasteiger partial charge on any atom is 0.224 e. The number of hydrogen-bond acceptors (Lipinski definition) is 3. The molecule has 5 heteroatoms. The number of amides is 1. The summed E-state index contributed by atoms with van der Waals surface area (Å²) in [5.74, 6) is 0.632. The van der Waals surface area contributed by atoms with Gasteiger partial charge in [-0.3, -0.25) is 9.59 Å². The zero-order chi connectivity index (χ0) is 18.0. The van der Waals surface area contributed by atoms with Crippen LogP contribution in [0.3, 0.4) is 0 Å². The summed E-state index contributed by atoms with van der Waals surface area (Å²) in [5, 5.41) is 11.6. The first-order valence-electron chi connectivity index (χ1n) is 8.45. The van der Waals surface area contributed by atoms with Gasteiger partial charge in [-0.1, -0.05) is 50.3 Å². The Morgan fingerprint density at radius 2 is 2.08 bits per heavy atom. The molecule has 2 aliphatic heterocycles. The fraction of sp³-hybridized carbons (Fsp3) is 0.400.